The topological polar surface area (TPSA) is 122 Å². The Hall–Kier alpha value is -3.11. The highest BCUT2D eigenvalue weighted by atomic mass is 32.2. The van der Waals surface area contributed by atoms with E-state index in [-0.39, 0.29) is 10.9 Å². The van der Waals surface area contributed by atoms with Crippen molar-refractivity contribution in [1.29, 1.82) is 0 Å². The number of rotatable bonds is 4. The third kappa shape index (κ3) is 4.15. The molecule has 1 aliphatic heterocycles. The van der Waals surface area contributed by atoms with Gasteiger partial charge in [0, 0.05) is 47.2 Å². The summed E-state index contributed by atoms with van der Waals surface area (Å²) in [5.74, 6) is -0.872. The molecule has 0 fully saturated rings. The molecule has 0 unspecified atom stereocenters. The number of hydrogen-bond acceptors (Lipinski definition) is 6. The van der Waals surface area contributed by atoms with Crippen molar-refractivity contribution in [3.05, 3.63) is 52.9 Å². The van der Waals surface area contributed by atoms with Gasteiger partial charge in [-0.25, -0.2) is 17.9 Å². The van der Waals surface area contributed by atoms with Crippen LogP contribution < -0.4 is 4.72 Å². The number of carbonyl (C=O) groups is 2. The number of fused-ring (bicyclic) bond motifs is 3. The van der Waals surface area contributed by atoms with E-state index in [0.717, 1.165) is 22.2 Å². The molecule has 2 N–H and O–H groups in total. The molecule has 3 heterocycles. The van der Waals surface area contributed by atoms with Gasteiger partial charge in [0.1, 0.15) is 0 Å². The van der Waals surface area contributed by atoms with Crippen LogP contribution in [-0.2, 0) is 27.7 Å². The minimum atomic E-state index is -3.88. The van der Waals surface area contributed by atoms with E-state index < -0.39 is 27.4 Å². The summed E-state index contributed by atoms with van der Waals surface area (Å²) in [6.07, 6.45) is 0.598. The monoisotopic (exact) mass is 459 g/mol. The quantitative estimate of drug-likeness (QED) is 0.579. The number of aromatic amines is 1. The average molecular weight is 460 g/mol. The number of methoxy groups -OCH3 is 1. The van der Waals surface area contributed by atoms with E-state index in [1.54, 1.807) is 37.8 Å². The normalized spacial score (nSPS) is 14.4. The van der Waals surface area contributed by atoms with Crippen molar-refractivity contribution < 1.29 is 27.2 Å². The molecule has 170 valence electrons. The second-order valence-electron chi connectivity index (χ2n) is 8.78. The fraction of sp³-hybridized carbons (Fsp3) is 0.364. The van der Waals surface area contributed by atoms with E-state index in [2.05, 4.69) is 9.71 Å². The molecule has 0 saturated carbocycles. The number of carbonyl (C=O) groups excluding carboxylic acids is 2. The molecule has 4 rings (SSSR count). The van der Waals surface area contributed by atoms with Crippen molar-refractivity contribution in [3.63, 3.8) is 0 Å². The van der Waals surface area contributed by atoms with E-state index in [4.69, 9.17) is 9.15 Å². The summed E-state index contributed by atoms with van der Waals surface area (Å²) in [5.41, 5.74) is 2.54. The molecule has 0 radical (unpaired) electrons. The molecule has 0 atom stereocenters. The Morgan fingerprint density at radius 1 is 1.19 bits per heavy atom. The molecule has 9 nitrogen and oxygen atoms in total. The van der Waals surface area contributed by atoms with Crippen molar-refractivity contribution >= 4 is 32.8 Å². The van der Waals surface area contributed by atoms with Crippen molar-refractivity contribution in [2.75, 3.05) is 13.7 Å². The number of esters is 1. The number of benzene rings is 1. The number of nitrogens with zero attached hydrogens (tertiary/aromatic N) is 1. The molecule has 1 amide bonds. The Balaban J connectivity index is 1.59. The van der Waals surface area contributed by atoms with Gasteiger partial charge in [-0.1, -0.05) is 0 Å². The Bertz CT molecular complexity index is 1310. The molecule has 3 aromatic rings. The maximum absolute atomic E-state index is 13.0. The van der Waals surface area contributed by atoms with Crippen LogP contribution in [0.5, 0.6) is 0 Å². The largest absolute Gasteiger partial charge is 0.465 e. The van der Waals surface area contributed by atoms with Gasteiger partial charge in [0.05, 0.1) is 12.7 Å². The first-order valence-corrected chi connectivity index (χ1v) is 11.6. The molecule has 32 heavy (non-hydrogen) atoms. The maximum atomic E-state index is 13.0. The summed E-state index contributed by atoms with van der Waals surface area (Å²) in [6, 6.07) is 7.92. The van der Waals surface area contributed by atoms with Gasteiger partial charge in [-0.15, -0.1) is 0 Å². The van der Waals surface area contributed by atoms with Crippen LogP contribution in [0.2, 0.25) is 0 Å². The van der Waals surface area contributed by atoms with Crippen molar-refractivity contribution in [2.45, 2.75) is 44.4 Å². The number of aromatic nitrogens is 1. The molecule has 0 bridgehead atoms. The summed E-state index contributed by atoms with van der Waals surface area (Å²) < 4.78 is 37.7. The summed E-state index contributed by atoms with van der Waals surface area (Å²) in [5, 5.41) is 0.542. The lowest BCUT2D eigenvalue weighted by molar-refractivity contribution is 0.0600. The molecule has 0 spiro atoms. The van der Waals surface area contributed by atoms with Crippen LogP contribution in [-0.4, -0.2) is 49.4 Å². The van der Waals surface area contributed by atoms with Gasteiger partial charge < -0.3 is 19.0 Å². The molecular weight excluding hydrogens is 434 g/mol. The number of furan rings is 1. The standard InChI is InChI=1S/C22H25N3O6S/c1-22(2,3)24-32(28,29)19-8-7-18(31-19)20(26)25-10-9-17-15(12-25)14-11-13(21(27)30-4)5-6-16(14)23-17/h5-8,11,23-24H,9-10,12H2,1-4H3. The summed E-state index contributed by atoms with van der Waals surface area (Å²) in [4.78, 5) is 29.9. The zero-order valence-electron chi connectivity index (χ0n) is 18.3. The van der Waals surface area contributed by atoms with E-state index in [9.17, 15) is 18.0 Å². The summed E-state index contributed by atoms with van der Waals surface area (Å²) in [7, 11) is -2.55. The SMILES string of the molecule is COC(=O)c1ccc2[nH]c3c(c2c1)CN(C(=O)c1ccc(S(=O)(=O)NC(C)(C)C)o1)CC3. The molecule has 2 aromatic heterocycles. The molecule has 1 aromatic carbocycles. The summed E-state index contributed by atoms with van der Waals surface area (Å²) >= 11 is 0. The van der Waals surface area contributed by atoms with Crippen LogP contribution in [0.15, 0.2) is 39.8 Å². The average Bonchev–Trinajstić information content (AvgIpc) is 3.35. The highest BCUT2D eigenvalue weighted by Gasteiger charge is 2.30. The number of H-pyrrole nitrogens is 1. The first-order chi connectivity index (χ1) is 15.0. The highest BCUT2D eigenvalue weighted by Crippen LogP contribution is 2.30. The van der Waals surface area contributed by atoms with Crippen LogP contribution in [0.4, 0.5) is 0 Å². The number of ether oxygens (including phenoxy) is 1. The molecule has 1 aliphatic rings. The van der Waals surface area contributed by atoms with Gasteiger partial charge in [-0.2, -0.15) is 0 Å². The lowest BCUT2D eigenvalue weighted by Crippen LogP contribution is -2.40. The van der Waals surface area contributed by atoms with Crippen molar-refractivity contribution in [2.24, 2.45) is 0 Å². The van der Waals surface area contributed by atoms with Gasteiger partial charge in [-0.3, -0.25) is 4.79 Å². The van der Waals surface area contributed by atoms with Gasteiger partial charge >= 0.3 is 5.97 Å². The predicted molar refractivity (Wildman–Crippen MR) is 117 cm³/mol. The zero-order chi connectivity index (χ0) is 23.3. The Kier molecular flexibility index (Phi) is 5.38. The van der Waals surface area contributed by atoms with E-state index in [0.29, 0.717) is 25.1 Å². The number of amides is 1. The lowest BCUT2D eigenvalue weighted by Gasteiger charge is -2.26. The van der Waals surface area contributed by atoms with Gasteiger partial charge in [0.15, 0.2) is 5.76 Å². The fourth-order valence-electron chi connectivity index (χ4n) is 3.82. The van der Waals surface area contributed by atoms with Crippen molar-refractivity contribution in [3.8, 4) is 0 Å². The van der Waals surface area contributed by atoms with Gasteiger partial charge in [0.25, 0.3) is 15.9 Å². The summed E-state index contributed by atoms with van der Waals surface area (Å²) in [6.45, 7) is 5.92. The van der Waals surface area contributed by atoms with Crippen LogP contribution in [0, 0.1) is 0 Å². The van der Waals surface area contributed by atoms with E-state index >= 15 is 0 Å². The molecule has 0 saturated heterocycles. The van der Waals surface area contributed by atoms with Crippen LogP contribution in [0.25, 0.3) is 10.9 Å². The Morgan fingerprint density at radius 3 is 2.62 bits per heavy atom. The second-order valence-corrected chi connectivity index (χ2v) is 10.4. The van der Waals surface area contributed by atoms with Gasteiger partial charge in [0.2, 0.25) is 5.09 Å². The van der Waals surface area contributed by atoms with Crippen molar-refractivity contribution in [1.82, 2.24) is 14.6 Å². The zero-order valence-corrected chi connectivity index (χ0v) is 19.1. The molecule has 10 heteroatoms. The van der Waals surface area contributed by atoms with Crippen LogP contribution in [0.1, 0.15) is 52.9 Å². The third-order valence-electron chi connectivity index (χ3n) is 5.18. The van der Waals surface area contributed by atoms with Gasteiger partial charge in [-0.05, 0) is 51.1 Å². The first kappa shape index (κ1) is 22.1. The lowest BCUT2D eigenvalue weighted by atomic mass is 10.0. The van der Waals surface area contributed by atoms with Crippen LogP contribution >= 0.6 is 0 Å². The van der Waals surface area contributed by atoms with Crippen LogP contribution in [0.3, 0.4) is 0 Å². The number of nitrogens with one attached hydrogen (secondary N) is 2. The smallest absolute Gasteiger partial charge is 0.337 e. The Morgan fingerprint density at radius 2 is 1.94 bits per heavy atom. The van der Waals surface area contributed by atoms with E-state index in [1.165, 1.54) is 19.2 Å². The highest BCUT2D eigenvalue weighted by molar-refractivity contribution is 7.89. The Labute approximate surface area is 185 Å². The third-order valence-corrected chi connectivity index (χ3v) is 6.81. The minimum Gasteiger partial charge on any atom is -0.465 e. The molecule has 0 aliphatic carbocycles. The predicted octanol–water partition coefficient (Wildman–Crippen LogP) is 2.82. The van der Waals surface area contributed by atoms with E-state index in [1.807, 2.05) is 6.07 Å². The molecular formula is C22H25N3O6S. The first-order valence-electron chi connectivity index (χ1n) is 10.1. The number of sulfonamides is 1. The minimum absolute atomic E-state index is 0.0437. The fourth-order valence-corrected chi connectivity index (χ4v) is 5.17. The number of hydrogen-bond donors (Lipinski definition) is 2. The maximum Gasteiger partial charge on any atom is 0.337 e. The second kappa shape index (κ2) is 7.79.